The number of rotatable bonds is 4. The minimum Gasteiger partial charge on any atom is -0.293 e. The van der Waals surface area contributed by atoms with Crippen LogP contribution in [0.2, 0.25) is 0 Å². The molecule has 4 rings (SSSR count). The van der Waals surface area contributed by atoms with E-state index in [4.69, 9.17) is 4.98 Å². The quantitative estimate of drug-likeness (QED) is 0.607. The van der Waals surface area contributed by atoms with Crippen molar-refractivity contribution in [1.82, 2.24) is 15.2 Å². The van der Waals surface area contributed by atoms with E-state index in [2.05, 4.69) is 31.0 Å². The first-order valence-corrected chi connectivity index (χ1v) is 9.48. The summed E-state index contributed by atoms with van der Waals surface area (Å²) in [7, 11) is 0. The molecule has 1 aromatic heterocycles. The van der Waals surface area contributed by atoms with Gasteiger partial charge in [0.2, 0.25) is 5.16 Å². The molecule has 1 fully saturated rings. The predicted molar refractivity (Wildman–Crippen MR) is 94.4 cm³/mol. The molecule has 0 radical (unpaired) electrons. The van der Waals surface area contributed by atoms with Crippen molar-refractivity contribution in [1.29, 1.82) is 0 Å². The zero-order valence-electron chi connectivity index (χ0n) is 14.5. The summed E-state index contributed by atoms with van der Waals surface area (Å²) in [5.41, 5.74) is 2.76. The number of hydrogen-bond acceptors (Lipinski definition) is 5. The van der Waals surface area contributed by atoms with Gasteiger partial charge in [-0.15, -0.1) is 5.10 Å². The third kappa shape index (κ3) is 2.41. The number of benzene rings is 1. The summed E-state index contributed by atoms with van der Waals surface area (Å²) in [5.74, 6) is 0.228. The van der Waals surface area contributed by atoms with Gasteiger partial charge in [0.05, 0.1) is 17.1 Å². The van der Waals surface area contributed by atoms with E-state index in [9.17, 15) is 9.18 Å². The molecule has 25 heavy (non-hydrogen) atoms. The molecule has 2 aliphatic carbocycles. The average molecular weight is 357 g/mol. The second-order valence-corrected chi connectivity index (χ2v) is 8.63. The molecule has 1 heterocycles. The lowest BCUT2D eigenvalue weighted by Gasteiger charge is -2.33. The van der Waals surface area contributed by atoms with Crippen molar-refractivity contribution < 1.29 is 9.18 Å². The van der Waals surface area contributed by atoms with Gasteiger partial charge in [0.25, 0.3) is 0 Å². The summed E-state index contributed by atoms with van der Waals surface area (Å²) in [4.78, 5) is 17.0. The second kappa shape index (κ2) is 5.59. The van der Waals surface area contributed by atoms with Crippen molar-refractivity contribution in [2.45, 2.75) is 50.1 Å². The van der Waals surface area contributed by atoms with Crippen LogP contribution in [0.5, 0.6) is 0 Å². The number of nitrogens with zero attached hydrogens (tertiary/aromatic N) is 3. The van der Waals surface area contributed by atoms with Crippen molar-refractivity contribution in [2.24, 2.45) is 5.41 Å². The normalized spacial score (nSPS) is 25.8. The maximum absolute atomic E-state index is 13.0. The smallest absolute Gasteiger partial charge is 0.209 e. The van der Waals surface area contributed by atoms with E-state index in [0.717, 1.165) is 24.2 Å². The van der Waals surface area contributed by atoms with Gasteiger partial charge in [-0.1, -0.05) is 32.5 Å². The topological polar surface area (TPSA) is 55.7 Å². The van der Waals surface area contributed by atoms with Crippen LogP contribution in [0.15, 0.2) is 29.4 Å². The van der Waals surface area contributed by atoms with Crippen molar-refractivity contribution in [3.63, 3.8) is 0 Å². The average Bonchev–Trinajstić information content (AvgIpc) is 2.92. The van der Waals surface area contributed by atoms with Crippen molar-refractivity contribution in [3.05, 3.63) is 47.0 Å². The summed E-state index contributed by atoms with van der Waals surface area (Å²) in [6, 6.07) is 5.60. The first kappa shape index (κ1) is 16.6. The molecule has 0 N–H and O–H groups in total. The van der Waals surface area contributed by atoms with Crippen LogP contribution in [0.1, 0.15) is 61.3 Å². The van der Waals surface area contributed by atoms with E-state index in [0.29, 0.717) is 16.6 Å². The molecule has 0 amide bonds. The van der Waals surface area contributed by atoms with E-state index in [1.54, 1.807) is 0 Å². The molecule has 2 aliphatic rings. The fourth-order valence-corrected chi connectivity index (χ4v) is 4.95. The SMILES string of the molecule is CC1(C)[C@@H]2CC[C@]1(C)c1nc(SCC(=O)c3ccc(F)cc3)nnc12. The van der Waals surface area contributed by atoms with Crippen molar-refractivity contribution >= 4 is 17.5 Å². The standard InChI is InChI=1S/C19H20FN3OS/c1-18(2)13-8-9-19(18,3)16-15(13)22-23-17(21-16)25-10-14(24)11-4-6-12(20)7-5-11/h4-7,13H,8-10H2,1-3H3/t13-,19-/m1/s1. The Labute approximate surface area is 150 Å². The van der Waals surface area contributed by atoms with Gasteiger partial charge in [-0.05, 0) is 42.5 Å². The van der Waals surface area contributed by atoms with Gasteiger partial charge in [-0.2, -0.15) is 5.10 Å². The number of carbonyl (C=O) groups excluding carboxylic acids is 1. The van der Waals surface area contributed by atoms with Crippen LogP contribution in [-0.4, -0.2) is 26.7 Å². The number of carbonyl (C=O) groups is 1. The first-order chi connectivity index (χ1) is 11.8. The van der Waals surface area contributed by atoms with E-state index < -0.39 is 0 Å². The molecular weight excluding hydrogens is 337 g/mol. The molecule has 6 heteroatoms. The molecule has 1 aromatic carbocycles. The molecule has 2 aromatic rings. The molecule has 2 atom stereocenters. The highest BCUT2D eigenvalue weighted by atomic mass is 32.2. The number of halogens is 1. The Balaban J connectivity index is 1.53. The third-order valence-corrected chi connectivity index (χ3v) is 7.11. The van der Waals surface area contributed by atoms with Gasteiger partial charge in [-0.3, -0.25) is 4.79 Å². The van der Waals surface area contributed by atoms with Crippen LogP contribution in [-0.2, 0) is 5.41 Å². The third-order valence-electron chi connectivity index (χ3n) is 6.27. The second-order valence-electron chi connectivity index (χ2n) is 7.69. The maximum Gasteiger partial charge on any atom is 0.209 e. The van der Waals surface area contributed by atoms with Gasteiger partial charge in [-0.25, -0.2) is 9.37 Å². The molecular formula is C19H20FN3OS. The number of ketones is 1. The number of fused-ring (bicyclic) bond motifs is 5. The molecule has 0 aliphatic heterocycles. The lowest BCUT2D eigenvalue weighted by molar-refractivity contribution is 0.102. The molecule has 1 saturated carbocycles. The number of aromatic nitrogens is 3. The number of thioether (sulfide) groups is 1. The van der Waals surface area contributed by atoms with Crippen LogP contribution in [0.4, 0.5) is 4.39 Å². The van der Waals surface area contributed by atoms with Crippen LogP contribution in [0.3, 0.4) is 0 Å². The van der Waals surface area contributed by atoms with Crippen LogP contribution >= 0.6 is 11.8 Å². The van der Waals surface area contributed by atoms with Crippen LogP contribution in [0, 0.1) is 11.2 Å². The minimum atomic E-state index is -0.346. The summed E-state index contributed by atoms with van der Waals surface area (Å²) in [6.45, 7) is 6.85. The van der Waals surface area contributed by atoms with Crippen molar-refractivity contribution in [2.75, 3.05) is 5.75 Å². The van der Waals surface area contributed by atoms with Gasteiger partial charge in [0, 0.05) is 16.9 Å². The Morgan fingerprint density at radius 2 is 1.96 bits per heavy atom. The highest BCUT2D eigenvalue weighted by Crippen LogP contribution is 2.66. The minimum absolute atomic E-state index is 0.0270. The van der Waals surface area contributed by atoms with E-state index in [1.165, 1.54) is 36.0 Å². The van der Waals surface area contributed by atoms with Gasteiger partial charge < -0.3 is 0 Å². The molecule has 130 valence electrons. The Bertz CT molecular complexity index is 852. The molecule has 4 nitrogen and oxygen atoms in total. The predicted octanol–water partition coefficient (Wildman–Crippen LogP) is 4.16. The largest absolute Gasteiger partial charge is 0.293 e. The Morgan fingerprint density at radius 1 is 1.24 bits per heavy atom. The Morgan fingerprint density at radius 3 is 2.68 bits per heavy atom. The monoisotopic (exact) mass is 357 g/mol. The highest BCUT2D eigenvalue weighted by Gasteiger charge is 2.61. The molecule has 0 saturated heterocycles. The van der Waals surface area contributed by atoms with Gasteiger partial charge in [0.1, 0.15) is 5.82 Å². The van der Waals surface area contributed by atoms with E-state index >= 15 is 0 Å². The highest BCUT2D eigenvalue weighted by molar-refractivity contribution is 7.99. The fourth-order valence-electron chi connectivity index (χ4n) is 4.27. The van der Waals surface area contributed by atoms with Crippen LogP contribution in [0.25, 0.3) is 0 Å². The Hall–Kier alpha value is -1.82. The number of hydrogen-bond donors (Lipinski definition) is 0. The van der Waals surface area contributed by atoms with Crippen molar-refractivity contribution in [3.8, 4) is 0 Å². The number of Topliss-reactive ketones (excluding diaryl/α,β-unsaturated/α-hetero) is 1. The summed E-state index contributed by atoms with van der Waals surface area (Å²) < 4.78 is 13.0. The van der Waals surface area contributed by atoms with Crippen LogP contribution < -0.4 is 0 Å². The lowest BCUT2D eigenvalue weighted by Crippen LogP contribution is -2.32. The Kier molecular flexibility index (Phi) is 3.72. The molecule has 0 spiro atoms. The fraction of sp³-hybridized carbons (Fsp3) is 0.474. The summed E-state index contributed by atoms with van der Waals surface area (Å²) >= 11 is 1.29. The van der Waals surface area contributed by atoms with Gasteiger partial charge in [0.15, 0.2) is 5.78 Å². The van der Waals surface area contributed by atoms with E-state index in [1.807, 2.05) is 0 Å². The van der Waals surface area contributed by atoms with Gasteiger partial charge >= 0.3 is 0 Å². The van der Waals surface area contributed by atoms with E-state index in [-0.39, 0.29) is 28.2 Å². The summed E-state index contributed by atoms with van der Waals surface area (Å²) in [5, 5.41) is 9.23. The zero-order valence-corrected chi connectivity index (χ0v) is 15.4. The molecule has 0 unspecified atom stereocenters. The maximum atomic E-state index is 13.0. The zero-order chi connectivity index (χ0) is 17.8. The summed E-state index contributed by atoms with van der Waals surface area (Å²) in [6.07, 6.45) is 2.26. The first-order valence-electron chi connectivity index (χ1n) is 8.49. The molecule has 2 bridgehead atoms. The lowest BCUT2D eigenvalue weighted by atomic mass is 9.70.